The summed E-state index contributed by atoms with van der Waals surface area (Å²) in [5.74, 6) is -0.555. The number of rotatable bonds is 3. The smallest absolute Gasteiger partial charge is 0.270 e. The predicted octanol–water partition coefficient (Wildman–Crippen LogP) is 1.74. The third kappa shape index (κ3) is 2.37. The van der Waals surface area contributed by atoms with Crippen molar-refractivity contribution in [1.82, 2.24) is 0 Å². The van der Waals surface area contributed by atoms with Crippen molar-refractivity contribution in [3.63, 3.8) is 0 Å². The molecule has 1 aromatic rings. The number of nitrogens with zero attached hydrogens (tertiary/aromatic N) is 1. The Bertz CT molecular complexity index is 376. The standard InChI is InChI=1S/C9H8FNO3/c10-9-4-3-8(11(13)14)6-7(9)2-1-5-12/h1-4,6,12H,5H2. The lowest BCUT2D eigenvalue weighted by Crippen LogP contribution is -1.90. The van der Waals surface area contributed by atoms with Crippen molar-refractivity contribution in [1.29, 1.82) is 0 Å². The summed E-state index contributed by atoms with van der Waals surface area (Å²) in [7, 11) is 0. The Hall–Kier alpha value is -1.75. The minimum atomic E-state index is -0.601. The number of benzene rings is 1. The van der Waals surface area contributed by atoms with E-state index >= 15 is 0 Å². The van der Waals surface area contributed by atoms with Crippen LogP contribution in [0.25, 0.3) is 6.08 Å². The summed E-state index contributed by atoms with van der Waals surface area (Å²) >= 11 is 0. The summed E-state index contributed by atoms with van der Waals surface area (Å²) in [6, 6.07) is 3.22. The van der Waals surface area contributed by atoms with Gasteiger partial charge in [0.05, 0.1) is 11.5 Å². The van der Waals surface area contributed by atoms with Crippen LogP contribution in [0.15, 0.2) is 24.3 Å². The highest BCUT2D eigenvalue weighted by Gasteiger charge is 2.08. The Morgan fingerprint density at radius 3 is 2.86 bits per heavy atom. The first-order chi connectivity index (χ1) is 6.65. The van der Waals surface area contributed by atoms with E-state index < -0.39 is 10.7 Å². The second-order valence-electron chi connectivity index (χ2n) is 2.55. The van der Waals surface area contributed by atoms with Gasteiger partial charge < -0.3 is 5.11 Å². The van der Waals surface area contributed by atoms with Crippen LogP contribution < -0.4 is 0 Å². The third-order valence-electron chi connectivity index (χ3n) is 1.59. The van der Waals surface area contributed by atoms with Gasteiger partial charge in [0.2, 0.25) is 0 Å². The number of hydrogen-bond acceptors (Lipinski definition) is 3. The van der Waals surface area contributed by atoms with Crippen molar-refractivity contribution in [3.05, 3.63) is 45.8 Å². The fourth-order valence-electron chi connectivity index (χ4n) is 0.952. The molecule has 0 aromatic heterocycles. The van der Waals surface area contributed by atoms with Gasteiger partial charge in [-0.15, -0.1) is 0 Å². The molecule has 0 saturated carbocycles. The Morgan fingerprint density at radius 2 is 2.29 bits per heavy atom. The molecule has 5 heteroatoms. The molecule has 1 aromatic carbocycles. The zero-order valence-corrected chi connectivity index (χ0v) is 7.18. The average molecular weight is 197 g/mol. The van der Waals surface area contributed by atoms with Crippen LogP contribution in [0.3, 0.4) is 0 Å². The molecule has 0 radical (unpaired) electrons. The van der Waals surface area contributed by atoms with Crippen molar-refractivity contribution in [2.24, 2.45) is 0 Å². The van der Waals surface area contributed by atoms with Crippen molar-refractivity contribution in [2.45, 2.75) is 0 Å². The number of aliphatic hydroxyl groups excluding tert-OH is 1. The molecule has 0 spiro atoms. The fraction of sp³-hybridized carbons (Fsp3) is 0.111. The van der Waals surface area contributed by atoms with Crippen LogP contribution in [-0.4, -0.2) is 16.6 Å². The molecule has 0 heterocycles. The highest BCUT2D eigenvalue weighted by Crippen LogP contribution is 2.17. The van der Waals surface area contributed by atoms with E-state index in [-0.39, 0.29) is 17.9 Å². The molecule has 1 N–H and O–H groups in total. The van der Waals surface area contributed by atoms with Crippen molar-refractivity contribution < 1.29 is 14.4 Å². The van der Waals surface area contributed by atoms with Gasteiger partial charge in [-0.2, -0.15) is 0 Å². The van der Waals surface area contributed by atoms with Crippen LogP contribution in [0.4, 0.5) is 10.1 Å². The maximum absolute atomic E-state index is 13.0. The van der Waals surface area contributed by atoms with Crippen molar-refractivity contribution >= 4 is 11.8 Å². The number of hydrogen-bond donors (Lipinski definition) is 1. The van der Waals surface area contributed by atoms with Gasteiger partial charge in [0.25, 0.3) is 5.69 Å². The van der Waals surface area contributed by atoms with Crippen LogP contribution in [0.5, 0.6) is 0 Å². The SMILES string of the molecule is O=[N+]([O-])c1ccc(F)c(C=CCO)c1. The normalized spacial score (nSPS) is 10.7. The largest absolute Gasteiger partial charge is 0.392 e. The molecule has 14 heavy (non-hydrogen) atoms. The maximum atomic E-state index is 13.0. The zero-order chi connectivity index (χ0) is 10.6. The van der Waals surface area contributed by atoms with Gasteiger partial charge in [0.1, 0.15) is 5.82 Å². The van der Waals surface area contributed by atoms with Gasteiger partial charge in [-0.3, -0.25) is 10.1 Å². The molecule has 0 aliphatic rings. The molecule has 0 unspecified atom stereocenters. The Labute approximate surface area is 79.4 Å². The zero-order valence-electron chi connectivity index (χ0n) is 7.18. The Kier molecular flexibility index (Phi) is 3.30. The summed E-state index contributed by atoms with van der Waals surface area (Å²) in [5.41, 5.74) is -0.0859. The van der Waals surface area contributed by atoms with E-state index in [2.05, 4.69) is 0 Å². The molecular formula is C9H8FNO3. The van der Waals surface area contributed by atoms with E-state index in [9.17, 15) is 14.5 Å². The van der Waals surface area contributed by atoms with Crippen LogP contribution in [0, 0.1) is 15.9 Å². The highest BCUT2D eigenvalue weighted by atomic mass is 19.1. The first kappa shape index (κ1) is 10.3. The third-order valence-corrected chi connectivity index (χ3v) is 1.59. The van der Waals surface area contributed by atoms with Gasteiger partial charge in [-0.05, 0) is 6.07 Å². The number of nitro groups is 1. The monoisotopic (exact) mass is 197 g/mol. The van der Waals surface area contributed by atoms with Gasteiger partial charge >= 0.3 is 0 Å². The van der Waals surface area contributed by atoms with E-state index in [1.165, 1.54) is 12.2 Å². The molecule has 74 valence electrons. The number of non-ortho nitro benzene ring substituents is 1. The fourth-order valence-corrected chi connectivity index (χ4v) is 0.952. The molecule has 0 aliphatic carbocycles. The topological polar surface area (TPSA) is 63.4 Å². The molecule has 4 nitrogen and oxygen atoms in total. The lowest BCUT2D eigenvalue weighted by molar-refractivity contribution is -0.384. The first-order valence-corrected chi connectivity index (χ1v) is 3.86. The number of nitro benzene ring substituents is 1. The molecule has 0 saturated heterocycles. The average Bonchev–Trinajstić information content (AvgIpc) is 2.16. The molecule has 0 aliphatic heterocycles. The lowest BCUT2D eigenvalue weighted by atomic mass is 10.2. The second kappa shape index (κ2) is 4.48. The van der Waals surface area contributed by atoms with Crippen molar-refractivity contribution in [3.8, 4) is 0 Å². The highest BCUT2D eigenvalue weighted by molar-refractivity contribution is 5.54. The summed E-state index contributed by atoms with van der Waals surface area (Å²) in [4.78, 5) is 9.75. The summed E-state index contributed by atoms with van der Waals surface area (Å²) < 4.78 is 13.0. The minimum Gasteiger partial charge on any atom is -0.392 e. The van der Waals surface area contributed by atoms with Gasteiger partial charge in [-0.25, -0.2) is 4.39 Å². The van der Waals surface area contributed by atoms with E-state index in [0.717, 1.165) is 18.2 Å². The van der Waals surface area contributed by atoms with Crippen LogP contribution >= 0.6 is 0 Å². The van der Waals surface area contributed by atoms with E-state index in [0.29, 0.717) is 0 Å². The van der Waals surface area contributed by atoms with Crippen LogP contribution in [-0.2, 0) is 0 Å². The molecule has 1 rings (SSSR count). The molecular weight excluding hydrogens is 189 g/mol. The first-order valence-electron chi connectivity index (χ1n) is 3.86. The van der Waals surface area contributed by atoms with Gasteiger partial charge in [0, 0.05) is 17.7 Å². The molecule has 0 bridgehead atoms. The summed E-state index contributed by atoms with van der Waals surface area (Å²) in [6.07, 6.45) is 2.60. The van der Waals surface area contributed by atoms with Gasteiger partial charge in [0.15, 0.2) is 0 Å². The molecule has 0 atom stereocenters. The minimum absolute atomic E-state index is 0.0910. The second-order valence-corrected chi connectivity index (χ2v) is 2.55. The maximum Gasteiger partial charge on any atom is 0.270 e. The van der Waals surface area contributed by atoms with E-state index in [1.807, 2.05) is 0 Å². The lowest BCUT2D eigenvalue weighted by Gasteiger charge is -1.96. The summed E-state index contributed by atoms with van der Waals surface area (Å²) in [5, 5.41) is 18.8. The van der Waals surface area contributed by atoms with Gasteiger partial charge in [-0.1, -0.05) is 12.2 Å². The Balaban J connectivity index is 3.08. The van der Waals surface area contributed by atoms with E-state index in [1.54, 1.807) is 0 Å². The molecule has 0 fully saturated rings. The summed E-state index contributed by atoms with van der Waals surface area (Å²) in [6.45, 7) is -0.234. The quantitative estimate of drug-likeness (QED) is 0.592. The predicted molar refractivity (Wildman–Crippen MR) is 49.2 cm³/mol. The number of aliphatic hydroxyl groups is 1. The van der Waals surface area contributed by atoms with Crippen LogP contribution in [0.1, 0.15) is 5.56 Å². The number of halogens is 1. The van der Waals surface area contributed by atoms with Crippen molar-refractivity contribution in [2.75, 3.05) is 6.61 Å². The Morgan fingerprint density at radius 1 is 1.57 bits per heavy atom. The van der Waals surface area contributed by atoms with Crippen LogP contribution in [0.2, 0.25) is 0 Å². The van der Waals surface area contributed by atoms with E-state index in [4.69, 9.17) is 5.11 Å². The molecule has 0 amide bonds.